The summed E-state index contributed by atoms with van der Waals surface area (Å²) < 4.78 is 0. The predicted molar refractivity (Wildman–Crippen MR) is 93.2 cm³/mol. The number of carboxylic acids is 1. The molecule has 4 rings (SSSR count). The van der Waals surface area contributed by atoms with Gasteiger partial charge in [0.25, 0.3) is 5.91 Å². The number of nitrogens with zero attached hydrogens (tertiary/aromatic N) is 2. The van der Waals surface area contributed by atoms with Crippen LogP contribution in [0.1, 0.15) is 21.6 Å². The van der Waals surface area contributed by atoms with E-state index in [4.69, 9.17) is 0 Å². The van der Waals surface area contributed by atoms with Crippen LogP contribution in [-0.4, -0.2) is 32.9 Å². The minimum absolute atomic E-state index is 0.275. The molecule has 1 N–H and O–H groups in total. The molecule has 0 saturated heterocycles. The standard InChI is InChI=1S/C20H16N2O3/c23-19(18-16-8-4-3-5-13(16)9-10-21-18)22-12-15-7-2-1-6-14(15)11-17(22)20(24)25/h1-10,17H,11-12H2,(H,24,25). The van der Waals surface area contributed by atoms with E-state index in [0.717, 1.165) is 21.9 Å². The molecule has 0 spiro atoms. The summed E-state index contributed by atoms with van der Waals surface area (Å²) in [5, 5.41) is 11.3. The first-order valence-corrected chi connectivity index (χ1v) is 8.09. The maximum atomic E-state index is 13.1. The lowest BCUT2D eigenvalue weighted by Gasteiger charge is -2.34. The maximum absolute atomic E-state index is 13.1. The number of carboxylic acid groups (broad SMARTS) is 1. The zero-order valence-corrected chi connectivity index (χ0v) is 13.4. The molecule has 3 aromatic rings. The molecule has 124 valence electrons. The van der Waals surface area contributed by atoms with Gasteiger partial charge in [0.15, 0.2) is 0 Å². The van der Waals surface area contributed by atoms with E-state index in [2.05, 4.69) is 4.98 Å². The molecule has 25 heavy (non-hydrogen) atoms. The molecule has 1 amide bonds. The molecule has 0 fully saturated rings. The average Bonchev–Trinajstić information content (AvgIpc) is 2.66. The van der Waals surface area contributed by atoms with Gasteiger partial charge >= 0.3 is 5.97 Å². The van der Waals surface area contributed by atoms with Crippen molar-refractivity contribution < 1.29 is 14.7 Å². The lowest BCUT2D eigenvalue weighted by Crippen LogP contribution is -2.48. The number of pyridine rings is 1. The minimum Gasteiger partial charge on any atom is -0.480 e. The Morgan fingerprint density at radius 2 is 1.72 bits per heavy atom. The van der Waals surface area contributed by atoms with Crippen molar-refractivity contribution in [2.45, 2.75) is 19.0 Å². The van der Waals surface area contributed by atoms with E-state index in [1.165, 1.54) is 4.90 Å². The number of amides is 1. The molecule has 1 unspecified atom stereocenters. The van der Waals surface area contributed by atoms with Crippen molar-refractivity contribution in [3.63, 3.8) is 0 Å². The molecule has 2 heterocycles. The van der Waals surface area contributed by atoms with E-state index in [0.29, 0.717) is 12.1 Å². The van der Waals surface area contributed by atoms with Crippen molar-refractivity contribution in [2.24, 2.45) is 0 Å². The van der Waals surface area contributed by atoms with Gasteiger partial charge in [-0.1, -0.05) is 48.5 Å². The van der Waals surface area contributed by atoms with Crippen LogP contribution in [0.5, 0.6) is 0 Å². The van der Waals surface area contributed by atoms with Crippen molar-refractivity contribution in [3.05, 3.63) is 77.6 Å². The molecule has 0 aliphatic carbocycles. The van der Waals surface area contributed by atoms with Crippen molar-refractivity contribution >= 4 is 22.6 Å². The topological polar surface area (TPSA) is 70.5 Å². The highest BCUT2D eigenvalue weighted by atomic mass is 16.4. The van der Waals surface area contributed by atoms with Gasteiger partial charge in [0.1, 0.15) is 11.7 Å². The van der Waals surface area contributed by atoms with Crippen LogP contribution < -0.4 is 0 Å². The molecule has 1 aromatic heterocycles. The Hall–Kier alpha value is -3.21. The number of aromatic nitrogens is 1. The molecule has 0 bridgehead atoms. The molecular formula is C20H16N2O3. The Bertz CT molecular complexity index is 978. The molecule has 2 aromatic carbocycles. The van der Waals surface area contributed by atoms with Gasteiger partial charge in [-0.3, -0.25) is 9.78 Å². The predicted octanol–water partition coefficient (Wildman–Crippen LogP) is 2.89. The highest BCUT2D eigenvalue weighted by molar-refractivity contribution is 6.06. The fraction of sp³-hybridized carbons (Fsp3) is 0.150. The first kappa shape index (κ1) is 15.3. The molecule has 1 atom stereocenters. The number of benzene rings is 2. The lowest BCUT2D eigenvalue weighted by atomic mass is 9.93. The number of hydrogen-bond acceptors (Lipinski definition) is 3. The number of hydrogen-bond donors (Lipinski definition) is 1. The van der Waals surface area contributed by atoms with E-state index in [-0.39, 0.29) is 12.5 Å². The summed E-state index contributed by atoms with van der Waals surface area (Å²) in [6, 6.07) is 16.1. The average molecular weight is 332 g/mol. The highest BCUT2D eigenvalue weighted by Gasteiger charge is 2.35. The van der Waals surface area contributed by atoms with Gasteiger partial charge < -0.3 is 10.0 Å². The summed E-state index contributed by atoms with van der Waals surface area (Å²) >= 11 is 0. The van der Waals surface area contributed by atoms with Crippen molar-refractivity contribution in [3.8, 4) is 0 Å². The first-order valence-electron chi connectivity index (χ1n) is 8.09. The quantitative estimate of drug-likeness (QED) is 0.783. The minimum atomic E-state index is -0.997. The summed E-state index contributed by atoms with van der Waals surface area (Å²) in [6.07, 6.45) is 1.89. The smallest absolute Gasteiger partial charge is 0.326 e. The summed E-state index contributed by atoms with van der Waals surface area (Å²) in [6.45, 7) is 0.275. The molecule has 5 heteroatoms. The number of carbonyl (C=O) groups excluding carboxylic acids is 1. The van der Waals surface area contributed by atoms with Crippen molar-refractivity contribution in [1.29, 1.82) is 0 Å². The number of fused-ring (bicyclic) bond motifs is 2. The number of rotatable bonds is 2. The normalized spacial score (nSPS) is 16.5. The second-order valence-corrected chi connectivity index (χ2v) is 6.14. The molecule has 5 nitrogen and oxygen atoms in total. The third-order valence-corrected chi connectivity index (χ3v) is 4.67. The van der Waals surface area contributed by atoms with E-state index in [1.807, 2.05) is 54.6 Å². The van der Waals surface area contributed by atoms with E-state index < -0.39 is 12.0 Å². The van der Waals surface area contributed by atoms with Crippen LogP contribution >= 0.6 is 0 Å². The third kappa shape index (κ3) is 2.63. The lowest BCUT2D eigenvalue weighted by molar-refractivity contribution is -0.142. The molecular weight excluding hydrogens is 316 g/mol. The first-order chi connectivity index (χ1) is 12.1. The Morgan fingerprint density at radius 3 is 2.52 bits per heavy atom. The zero-order valence-electron chi connectivity index (χ0n) is 13.4. The van der Waals surface area contributed by atoms with Crippen LogP contribution in [0, 0.1) is 0 Å². The largest absolute Gasteiger partial charge is 0.480 e. The number of aliphatic carboxylic acids is 1. The Morgan fingerprint density at radius 1 is 1.00 bits per heavy atom. The van der Waals surface area contributed by atoms with Crippen LogP contribution in [0.15, 0.2) is 60.8 Å². The van der Waals surface area contributed by atoms with Gasteiger partial charge in [-0.2, -0.15) is 0 Å². The van der Waals surface area contributed by atoms with E-state index in [9.17, 15) is 14.7 Å². The highest BCUT2D eigenvalue weighted by Crippen LogP contribution is 2.26. The second-order valence-electron chi connectivity index (χ2n) is 6.14. The second kappa shape index (κ2) is 6.02. The summed E-state index contributed by atoms with van der Waals surface area (Å²) in [5.74, 6) is -1.35. The third-order valence-electron chi connectivity index (χ3n) is 4.67. The van der Waals surface area contributed by atoms with Gasteiger partial charge in [0, 0.05) is 24.5 Å². The SMILES string of the molecule is O=C(O)C1Cc2ccccc2CN1C(=O)c1nccc2ccccc12. The Kier molecular flexibility index (Phi) is 3.69. The van der Waals surface area contributed by atoms with Crippen molar-refractivity contribution in [2.75, 3.05) is 0 Å². The Labute approximate surface area is 144 Å². The molecule has 1 aliphatic heterocycles. The van der Waals surface area contributed by atoms with Crippen LogP contribution in [0.2, 0.25) is 0 Å². The van der Waals surface area contributed by atoms with Gasteiger partial charge in [-0.15, -0.1) is 0 Å². The monoisotopic (exact) mass is 332 g/mol. The Balaban J connectivity index is 1.79. The van der Waals surface area contributed by atoms with Crippen molar-refractivity contribution in [1.82, 2.24) is 9.88 Å². The van der Waals surface area contributed by atoms with E-state index >= 15 is 0 Å². The fourth-order valence-electron chi connectivity index (χ4n) is 3.38. The van der Waals surface area contributed by atoms with Gasteiger partial charge in [-0.25, -0.2) is 4.79 Å². The van der Waals surface area contributed by atoms with E-state index in [1.54, 1.807) is 6.20 Å². The zero-order chi connectivity index (χ0) is 17.4. The summed E-state index contributed by atoms with van der Waals surface area (Å²) in [4.78, 5) is 30.6. The van der Waals surface area contributed by atoms with Gasteiger partial charge in [0.05, 0.1) is 0 Å². The molecule has 1 aliphatic rings. The summed E-state index contributed by atoms with van der Waals surface area (Å²) in [7, 11) is 0. The van der Waals surface area contributed by atoms with Crippen LogP contribution in [0.25, 0.3) is 10.8 Å². The maximum Gasteiger partial charge on any atom is 0.326 e. The molecule has 0 radical (unpaired) electrons. The van der Waals surface area contributed by atoms with Gasteiger partial charge in [0.2, 0.25) is 0 Å². The molecule has 0 saturated carbocycles. The number of carbonyl (C=O) groups is 2. The van der Waals surface area contributed by atoms with Gasteiger partial charge in [-0.05, 0) is 22.6 Å². The van der Waals surface area contributed by atoms with Crippen LogP contribution in [-0.2, 0) is 17.8 Å². The van der Waals surface area contributed by atoms with Crippen LogP contribution in [0.3, 0.4) is 0 Å². The fourth-order valence-corrected chi connectivity index (χ4v) is 3.38. The van der Waals surface area contributed by atoms with Crippen LogP contribution in [0.4, 0.5) is 0 Å². The summed E-state index contributed by atoms with van der Waals surface area (Å²) in [5.41, 5.74) is 2.25.